The maximum atomic E-state index is 8.56. The van der Waals surface area contributed by atoms with Crippen molar-refractivity contribution in [3.05, 3.63) is 164 Å². The zero-order valence-electron chi connectivity index (χ0n) is 33.1. The Morgan fingerprint density at radius 3 is 0.912 bits per heavy atom. The van der Waals surface area contributed by atoms with Crippen LogP contribution in [0.4, 0.5) is 22.7 Å². The minimum absolute atomic E-state index is 0.843. The second kappa shape index (κ2) is 13.2. The van der Waals surface area contributed by atoms with E-state index in [9.17, 15) is 0 Å². The molecule has 0 aliphatic carbocycles. The predicted octanol–water partition coefficient (Wildman–Crippen LogP) is 6.58. The number of fused-ring (bicyclic) bond motifs is 16. The molecule has 0 fully saturated rings. The molecular formula is C46H44Br2N4O3Te2. The summed E-state index contributed by atoms with van der Waals surface area (Å²) in [6.45, 7) is 0. The first-order chi connectivity index (χ1) is 27.2. The standard InChI is InChI=1S/C46H44Br2N4O3Te2/c1-49(2)33-17-21-37-41(25-33)56(42-26-34(50(3)4)18-22-38(42)45(37,53-56)29-9-13-31(47)14-10-29)55-57-43-27-35(51(5)6)19-23-39(43)46(54-57,30-11-15-32(48)16-12-30)40-24-20-36(52(7)8)28-44(40)57/h9-28H,1-8H3. The van der Waals surface area contributed by atoms with Gasteiger partial charge in [-0.3, -0.25) is 0 Å². The molecule has 7 nitrogen and oxygen atoms in total. The summed E-state index contributed by atoms with van der Waals surface area (Å²) in [5.41, 5.74) is 9.65. The Kier molecular flexibility index (Phi) is 8.85. The van der Waals surface area contributed by atoms with Crippen LogP contribution in [0.3, 0.4) is 0 Å². The van der Waals surface area contributed by atoms with Gasteiger partial charge in [0.1, 0.15) is 0 Å². The summed E-state index contributed by atoms with van der Waals surface area (Å²) < 4.78 is 31.6. The molecule has 4 bridgehead atoms. The van der Waals surface area contributed by atoms with Crippen molar-refractivity contribution in [2.45, 2.75) is 11.2 Å². The molecule has 57 heavy (non-hydrogen) atoms. The second-order valence-electron chi connectivity index (χ2n) is 15.9. The fourth-order valence-electron chi connectivity index (χ4n) is 8.84. The molecule has 0 saturated heterocycles. The average molecular weight is 1120 g/mol. The van der Waals surface area contributed by atoms with E-state index < -0.39 is 49.2 Å². The topological polar surface area (TPSA) is 40.7 Å². The Balaban J connectivity index is 1.32. The van der Waals surface area contributed by atoms with E-state index in [2.05, 4.69) is 229 Å². The van der Waals surface area contributed by atoms with Gasteiger partial charge in [-0.1, -0.05) is 0 Å². The maximum absolute atomic E-state index is 8.56. The van der Waals surface area contributed by atoms with Crippen LogP contribution in [-0.4, -0.2) is 94.4 Å². The first-order valence-corrected chi connectivity index (χ1v) is 28.9. The minimum atomic E-state index is -4.49. The van der Waals surface area contributed by atoms with E-state index in [0.717, 1.165) is 42.8 Å². The van der Waals surface area contributed by atoms with Crippen LogP contribution in [0.5, 0.6) is 0 Å². The third-order valence-electron chi connectivity index (χ3n) is 11.8. The van der Waals surface area contributed by atoms with E-state index in [1.807, 2.05) is 0 Å². The van der Waals surface area contributed by atoms with Crippen molar-refractivity contribution in [1.82, 2.24) is 0 Å². The van der Waals surface area contributed by atoms with E-state index >= 15 is 0 Å². The fraction of sp³-hybridized carbons (Fsp3) is 0.217. The molecule has 0 saturated carbocycles. The van der Waals surface area contributed by atoms with Crippen LogP contribution < -0.4 is 34.0 Å². The first kappa shape index (κ1) is 38.2. The van der Waals surface area contributed by atoms with Gasteiger partial charge >= 0.3 is 366 Å². The van der Waals surface area contributed by atoms with Gasteiger partial charge in [-0.25, -0.2) is 0 Å². The number of rotatable bonds is 8. The number of nitrogens with zero attached hydrogens (tertiary/aromatic N) is 4. The van der Waals surface area contributed by atoms with Crippen LogP contribution >= 0.6 is 31.9 Å². The molecular weight excluding hydrogens is 1070 g/mol. The molecule has 292 valence electrons. The van der Waals surface area contributed by atoms with Gasteiger partial charge < -0.3 is 0 Å². The van der Waals surface area contributed by atoms with Crippen LogP contribution in [0.15, 0.2) is 130 Å². The molecule has 0 spiro atoms. The van der Waals surface area contributed by atoms with Gasteiger partial charge in [0, 0.05) is 0 Å². The van der Waals surface area contributed by atoms with Crippen molar-refractivity contribution in [1.29, 1.82) is 0 Å². The molecule has 0 unspecified atom stereocenters. The number of benzene rings is 6. The number of halogens is 2. The molecule has 0 N–H and O–H groups in total. The number of hydrogen-bond donors (Lipinski definition) is 0. The SMILES string of the molecule is CN(C)c1ccc2c(c1)[Te]1(O[Te]34OC(c5ccc(Br)cc5)(c5ccc(N(C)C)cc53)c3ccc(N(C)C)cc34)OC2(c2ccc(Br)cc2)c2ccc(N(C)C)cc21. The first-order valence-electron chi connectivity index (χ1n) is 18.8. The van der Waals surface area contributed by atoms with Gasteiger partial charge in [-0.2, -0.15) is 0 Å². The van der Waals surface area contributed by atoms with Gasteiger partial charge in [0.15, 0.2) is 0 Å². The van der Waals surface area contributed by atoms with Gasteiger partial charge in [0.2, 0.25) is 0 Å². The molecule has 0 aromatic heterocycles. The number of hydrogen-bond acceptors (Lipinski definition) is 7. The van der Waals surface area contributed by atoms with Crippen LogP contribution in [0, 0.1) is 0 Å². The van der Waals surface area contributed by atoms with Gasteiger partial charge in [0.25, 0.3) is 0 Å². The molecule has 0 amide bonds. The molecule has 6 aromatic rings. The van der Waals surface area contributed by atoms with Crippen molar-refractivity contribution in [2.75, 3.05) is 76.0 Å². The summed E-state index contributed by atoms with van der Waals surface area (Å²) in [4.78, 5) is 8.74. The molecule has 0 radical (unpaired) electrons. The zero-order valence-corrected chi connectivity index (χ0v) is 41.0. The average Bonchev–Trinajstić information content (AvgIpc) is 3.87. The third kappa shape index (κ3) is 5.17. The Hall–Kier alpha value is -3.06. The van der Waals surface area contributed by atoms with Crippen molar-refractivity contribution in [2.24, 2.45) is 0 Å². The van der Waals surface area contributed by atoms with Crippen LogP contribution in [-0.2, 0) is 18.9 Å². The van der Waals surface area contributed by atoms with E-state index in [1.54, 1.807) is 0 Å². The Morgan fingerprint density at radius 2 is 0.667 bits per heavy atom. The predicted molar refractivity (Wildman–Crippen MR) is 244 cm³/mol. The summed E-state index contributed by atoms with van der Waals surface area (Å²) >= 11 is -1.56. The molecule has 10 rings (SSSR count). The third-order valence-corrected chi connectivity index (χ3v) is 34.5. The summed E-state index contributed by atoms with van der Waals surface area (Å²) in [7, 11) is 16.9. The van der Waals surface area contributed by atoms with E-state index in [1.165, 1.54) is 36.7 Å². The van der Waals surface area contributed by atoms with Gasteiger partial charge in [0.05, 0.1) is 0 Å². The molecule has 4 aliphatic heterocycles. The molecule has 0 atom stereocenters. The Labute approximate surface area is 362 Å². The van der Waals surface area contributed by atoms with Gasteiger partial charge in [-0.15, -0.1) is 0 Å². The van der Waals surface area contributed by atoms with Crippen molar-refractivity contribution >= 4 is 107 Å². The summed E-state index contributed by atoms with van der Waals surface area (Å²) in [5, 5.41) is 0. The Bertz CT molecular complexity index is 2330. The normalized spacial score (nSPS) is 26.4. The summed E-state index contributed by atoms with van der Waals surface area (Å²) in [6, 6.07) is 44.9. The zero-order chi connectivity index (χ0) is 39.8. The van der Waals surface area contributed by atoms with Crippen LogP contribution in [0.25, 0.3) is 0 Å². The monoisotopic (exact) mass is 1120 g/mol. The molecule has 6 aromatic carbocycles. The summed E-state index contributed by atoms with van der Waals surface area (Å²) in [5.74, 6) is 0. The second-order valence-corrected chi connectivity index (χ2v) is 32.5. The van der Waals surface area contributed by atoms with Crippen molar-refractivity contribution < 1.29 is 7.67 Å². The van der Waals surface area contributed by atoms with E-state index in [4.69, 9.17) is 7.67 Å². The molecule has 4 heterocycles. The molecule has 4 aliphatic rings. The van der Waals surface area contributed by atoms with Crippen molar-refractivity contribution in [3.63, 3.8) is 0 Å². The quantitative estimate of drug-likeness (QED) is 0.160. The van der Waals surface area contributed by atoms with Crippen LogP contribution in [0.1, 0.15) is 33.4 Å². The van der Waals surface area contributed by atoms with Crippen LogP contribution in [0.2, 0.25) is 0 Å². The Morgan fingerprint density at radius 1 is 0.404 bits per heavy atom. The fourth-order valence-corrected chi connectivity index (χ4v) is 37.8. The number of anilines is 4. The van der Waals surface area contributed by atoms with Gasteiger partial charge in [-0.05, 0) is 0 Å². The molecule has 11 heteroatoms. The van der Waals surface area contributed by atoms with E-state index in [-0.39, 0.29) is 0 Å². The van der Waals surface area contributed by atoms with Crippen molar-refractivity contribution in [3.8, 4) is 0 Å². The summed E-state index contributed by atoms with van der Waals surface area (Å²) in [6.07, 6.45) is 0. The van der Waals surface area contributed by atoms with E-state index in [0.29, 0.717) is 0 Å².